The van der Waals surface area contributed by atoms with E-state index in [0.717, 1.165) is 11.1 Å². The van der Waals surface area contributed by atoms with Crippen LogP contribution < -0.4 is 5.32 Å². The molecule has 138 valence electrons. The second kappa shape index (κ2) is 8.89. The van der Waals surface area contributed by atoms with Gasteiger partial charge in [0, 0.05) is 38.1 Å². The van der Waals surface area contributed by atoms with Crippen molar-refractivity contribution in [3.8, 4) is 0 Å². The van der Waals surface area contributed by atoms with Gasteiger partial charge in [-0.2, -0.15) is 0 Å². The molecule has 27 heavy (non-hydrogen) atoms. The number of anilines is 1. The molecule has 0 spiro atoms. The van der Waals surface area contributed by atoms with Gasteiger partial charge in [-0.1, -0.05) is 30.3 Å². The highest BCUT2D eigenvalue weighted by Crippen LogP contribution is 2.13. The summed E-state index contributed by atoms with van der Waals surface area (Å²) >= 11 is 0. The Kier molecular flexibility index (Phi) is 6.10. The van der Waals surface area contributed by atoms with Crippen LogP contribution in [-0.4, -0.2) is 32.3 Å². The fraction of sp³-hybridized carbons (Fsp3) is 0.238. The minimum Gasteiger partial charge on any atom is -0.366 e. The summed E-state index contributed by atoms with van der Waals surface area (Å²) in [5, 5.41) is 3.25. The van der Waals surface area contributed by atoms with Crippen LogP contribution in [0.3, 0.4) is 0 Å². The number of benzene rings is 1. The van der Waals surface area contributed by atoms with Gasteiger partial charge in [0.15, 0.2) is 0 Å². The van der Waals surface area contributed by atoms with E-state index >= 15 is 0 Å². The van der Waals surface area contributed by atoms with Crippen molar-refractivity contribution < 1.29 is 4.79 Å². The summed E-state index contributed by atoms with van der Waals surface area (Å²) in [6.45, 7) is 5.53. The minimum atomic E-state index is -0.0983. The maximum atomic E-state index is 13.0. The molecule has 3 rings (SSSR count). The molecular weight excluding hydrogens is 338 g/mol. The number of pyridine rings is 1. The molecular formula is C21H23N5O. The van der Waals surface area contributed by atoms with E-state index in [-0.39, 0.29) is 5.91 Å². The molecule has 0 aliphatic heterocycles. The summed E-state index contributed by atoms with van der Waals surface area (Å²) in [5.74, 6) is 1.10. The smallest absolute Gasteiger partial charge is 0.272 e. The maximum absolute atomic E-state index is 13.0. The van der Waals surface area contributed by atoms with Crippen LogP contribution in [0.25, 0.3) is 0 Å². The molecule has 0 fully saturated rings. The number of carbonyl (C=O) groups is 1. The summed E-state index contributed by atoms with van der Waals surface area (Å²) in [6.07, 6.45) is 3.50. The zero-order valence-corrected chi connectivity index (χ0v) is 15.6. The van der Waals surface area contributed by atoms with Crippen molar-refractivity contribution in [3.63, 3.8) is 0 Å². The number of aromatic nitrogens is 3. The predicted molar refractivity (Wildman–Crippen MR) is 105 cm³/mol. The van der Waals surface area contributed by atoms with Crippen molar-refractivity contribution in [2.24, 2.45) is 0 Å². The van der Waals surface area contributed by atoms with Crippen molar-refractivity contribution in [2.45, 2.75) is 26.9 Å². The van der Waals surface area contributed by atoms with Gasteiger partial charge in [-0.25, -0.2) is 9.97 Å². The monoisotopic (exact) mass is 361 g/mol. The van der Waals surface area contributed by atoms with E-state index in [1.54, 1.807) is 30.3 Å². The quantitative estimate of drug-likeness (QED) is 0.698. The maximum Gasteiger partial charge on any atom is 0.272 e. The highest BCUT2D eigenvalue weighted by atomic mass is 16.2. The number of aryl methyl sites for hydroxylation is 1. The van der Waals surface area contributed by atoms with E-state index in [1.807, 2.05) is 49.4 Å². The van der Waals surface area contributed by atoms with E-state index in [0.29, 0.717) is 37.0 Å². The Labute approximate surface area is 159 Å². The Morgan fingerprint density at radius 2 is 1.78 bits per heavy atom. The lowest BCUT2D eigenvalue weighted by atomic mass is 10.2. The van der Waals surface area contributed by atoms with Gasteiger partial charge < -0.3 is 10.2 Å². The Morgan fingerprint density at radius 1 is 1.04 bits per heavy atom. The largest absolute Gasteiger partial charge is 0.366 e. The SMILES string of the molecule is CCN(Cc1ccccc1)C(=O)c1cc(NCc2ccncc2)nc(C)n1. The van der Waals surface area contributed by atoms with Crippen LogP contribution in [0.5, 0.6) is 0 Å². The number of hydrogen-bond acceptors (Lipinski definition) is 5. The van der Waals surface area contributed by atoms with Crippen molar-refractivity contribution in [1.82, 2.24) is 19.9 Å². The molecule has 0 saturated carbocycles. The first-order chi connectivity index (χ1) is 13.2. The predicted octanol–water partition coefficient (Wildman–Crippen LogP) is 3.45. The van der Waals surface area contributed by atoms with E-state index in [1.165, 1.54) is 0 Å². The van der Waals surface area contributed by atoms with E-state index in [4.69, 9.17) is 0 Å². The van der Waals surface area contributed by atoms with Gasteiger partial charge in [0.05, 0.1) is 0 Å². The first-order valence-corrected chi connectivity index (χ1v) is 8.97. The van der Waals surface area contributed by atoms with Crippen molar-refractivity contribution in [2.75, 3.05) is 11.9 Å². The molecule has 6 nitrogen and oxygen atoms in total. The van der Waals surface area contributed by atoms with Crippen LogP contribution in [0.2, 0.25) is 0 Å². The summed E-state index contributed by atoms with van der Waals surface area (Å²) in [7, 11) is 0. The molecule has 0 saturated heterocycles. The first-order valence-electron chi connectivity index (χ1n) is 8.97. The average Bonchev–Trinajstić information content (AvgIpc) is 2.71. The molecule has 1 aromatic carbocycles. The fourth-order valence-electron chi connectivity index (χ4n) is 2.75. The summed E-state index contributed by atoms with van der Waals surface area (Å²) in [6, 6.07) is 15.5. The van der Waals surface area contributed by atoms with Gasteiger partial charge in [-0.15, -0.1) is 0 Å². The van der Waals surface area contributed by atoms with Crippen molar-refractivity contribution >= 4 is 11.7 Å². The Hall–Kier alpha value is -3.28. The van der Waals surface area contributed by atoms with Gasteiger partial charge in [0.25, 0.3) is 5.91 Å². The highest BCUT2D eigenvalue weighted by molar-refractivity contribution is 5.93. The molecule has 0 aliphatic carbocycles. The molecule has 0 aliphatic rings. The first kappa shape index (κ1) is 18.5. The lowest BCUT2D eigenvalue weighted by Crippen LogP contribution is -2.31. The van der Waals surface area contributed by atoms with E-state index in [9.17, 15) is 4.79 Å². The number of nitrogens with one attached hydrogen (secondary N) is 1. The Balaban J connectivity index is 1.74. The highest BCUT2D eigenvalue weighted by Gasteiger charge is 2.17. The third-order valence-corrected chi connectivity index (χ3v) is 4.17. The van der Waals surface area contributed by atoms with Crippen molar-refractivity contribution in [3.05, 3.63) is 83.6 Å². The summed E-state index contributed by atoms with van der Waals surface area (Å²) < 4.78 is 0. The normalized spacial score (nSPS) is 10.4. The fourth-order valence-corrected chi connectivity index (χ4v) is 2.75. The zero-order valence-electron chi connectivity index (χ0n) is 15.6. The van der Waals surface area contributed by atoms with Gasteiger partial charge >= 0.3 is 0 Å². The molecule has 6 heteroatoms. The van der Waals surface area contributed by atoms with Gasteiger partial charge in [0.2, 0.25) is 0 Å². The zero-order chi connectivity index (χ0) is 19.1. The van der Waals surface area contributed by atoms with E-state index in [2.05, 4.69) is 20.3 Å². The second-order valence-corrected chi connectivity index (χ2v) is 6.20. The molecule has 1 amide bonds. The number of hydrogen-bond donors (Lipinski definition) is 1. The molecule has 3 aromatic rings. The summed E-state index contributed by atoms with van der Waals surface area (Å²) in [4.78, 5) is 27.5. The van der Waals surface area contributed by atoms with Crippen molar-refractivity contribution in [1.29, 1.82) is 0 Å². The van der Waals surface area contributed by atoms with Gasteiger partial charge in [-0.05, 0) is 37.1 Å². The minimum absolute atomic E-state index is 0.0983. The lowest BCUT2D eigenvalue weighted by Gasteiger charge is -2.21. The molecule has 2 aromatic heterocycles. The Morgan fingerprint density at radius 3 is 2.48 bits per heavy atom. The number of rotatable bonds is 7. The molecule has 0 radical (unpaired) electrons. The van der Waals surface area contributed by atoms with Crippen LogP contribution >= 0.6 is 0 Å². The van der Waals surface area contributed by atoms with Crippen LogP contribution in [0.1, 0.15) is 34.4 Å². The number of amides is 1. The van der Waals surface area contributed by atoms with Crippen LogP contribution in [0.4, 0.5) is 5.82 Å². The molecule has 0 bridgehead atoms. The van der Waals surface area contributed by atoms with Gasteiger partial charge in [-0.3, -0.25) is 9.78 Å². The number of nitrogens with zero attached hydrogens (tertiary/aromatic N) is 4. The number of carbonyl (C=O) groups excluding carboxylic acids is 1. The topological polar surface area (TPSA) is 71.0 Å². The molecule has 0 unspecified atom stereocenters. The standard InChI is InChI=1S/C21H23N5O/c1-3-26(15-18-7-5-4-6-8-18)21(27)19-13-20(25-16(2)24-19)23-14-17-9-11-22-12-10-17/h4-13H,3,14-15H2,1-2H3,(H,23,24,25). The molecule has 2 heterocycles. The van der Waals surface area contributed by atoms with Crippen LogP contribution in [0, 0.1) is 6.92 Å². The van der Waals surface area contributed by atoms with Crippen LogP contribution in [0.15, 0.2) is 60.9 Å². The van der Waals surface area contributed by atoms with Crippen LogP contribution in [-0.2, 0) is 13.1 Å². The van der Waals surface area contributed by atoms with Gasteiger partial charge in [0.1, 0.15) is 17.3 Å². The second-order valence-electron chi connectivity index (χ2n) is 6.20. The molecule has 0 atom stereocenters. The summed E-state index contributed by atoms with van der Waals surface area (Å²) in [5.41, 5.74) is 2.58. The molecule has 1 N–H and O–H groups in total. The van der Waals surface area contributed by atoms with E-state index < -0.39 is 0 Å². The average molecular weight is 361 g/mol. The lowest BCUT2D eigenvalue weighted by molar-refractivity contribution is 0.0746. The third-order valence-electron chi connectivity index (χ3n) is 4.17. The third kappa shape index (κ3) is 5.10. The Bertz CT molecular complexity index is 884.